The van der Waals surface area contributed by atoms with Gasteiger partial charge in [-0.25, -0.2) is 0 Å². The van der Waals surface area contributed by atoms with E-state index in [9.17, 15) is 10.2 Å². The molecule has 3 N–H and O–H groups in total. The predicted octanol–water partition coefficient (Wildman–Crippen LogP) is 3.55. The van der Waals surface area contributed by atoms with Crippen molar-refractivity contribution in [3.63, 3.8) is 0 Å². The lowest BCUT2D eigenvalue weighted by Gasteiger charge is -2.08. The number of aromatic hydroxyl groups is 2. The lowest BCUT2D eigenvalue weighted by Crippen LogP contribution is -1.98. The van der Waals surface area contributed by atoms with Gasteiger partial charge in [-0.05, 0) is 49.1 Å². The Bertz CT molecular complexity index is 741. The Kier molecular flexibility index (Phi) is 3.51. The largest absolute Gasteiger partial charge is 0.508 e. The molecule has 0 amide bonds. The molecular formula is C16H15NO3S. The van der Waals surface area contributed by atoms with Crippen molar-refractivity contribution in [1.29, 1.82) is 0 Å². The average Bonchev–Trinajstić information content (AvgIpc) is 2.64. The minimum Gasteiger partial charge on any atom is -0.508 e. The van der Waals surface area contributed by atoms with Gasteiger partial charge in [0.2, 0.25) is 0 Å². The van der Waals surface area contributed by atoms with Crippen LogP contribution in [0.5, 0.6) is 11.5 Å². The molecule has 0 fully saturated rings. The Balaban J connectivity index is 2.05. The van der Waals surface area contributed by atoms with Crippen molar-refractivity contribution in [3.8, 4) is 11.5 Å². The highest BCUT2D eigenvalue weighted by atomic mass is 32.2. The minimum atomic E-state index is 0.0714. The molecule has 0 saturated heterocycles. The molecule has 2 aromatic rings. The fraction of sp³-hybridized carbons (Fsp3) is 0.188. The number of fused-ring (bicyclic) bond motifs is 2. The first-order valence-electron chi connectivity index (χ1n) is 6.63. The number of hydrogen-bond acceptors (Lipinski definition) is 5. The van der Waals surface area contributed by atoms with Crippen LogP contribution >= 0.6 is 11.8 Å². The average molecular weight is 301 g/mol. The van der Waals surface area contributed by atoms with E-state index >= 15 is 0 Å². The van der Waals surface area contributed by atoms with Crippen LogP contribution < -0.4 is 0 Å². The summed E-state index contributed by atoms with van der Waals surface area (Å²) in [5, 5.41) is 31.7. The number of rotatable bonds is 1. The maximum atomic E-state index is 10.00. The highest BCUT2D eigenvalue weighted by Gasteiger charge is 2.18. The summed E-state index contributed by atoms with van der Waals surface area (Å²) in [5.41, 5.74) is 3.47. The molecule has 0 aromatic heterocycles. The fourth-order valence-electron chi connectivity index (χ4n) is 2.49. The fourth-order valence-corrected chi connectivity index (χ4v) is 3.67. The van der Waals surface area contributed by atoms with E-state index in [2.05, 4.69) is 5.16 Å². The van der Waals surface area contributed by atoms with Crippen molar-refractivity contribution in [2.45, 2.75) is 29.6 Å². The van der Waals surface area contributed by atoms with Crippen LogP contribution in [0, 0.1) is 0 Å². The van der Waals surface area contributed by atoms with Gasteiger partial charge in [0, 0.05) is 21.4 Å². The third kappa shape index (κ3) is 2.56. The Hall–Kier alpha value is -2.14. The van der Waals surface area contributed by atoms with E-state index in [-0.39, 0.29) is 11.5 Å². The van der Waals surface area contributed by atoms with Crippen LogP contribution in [-0.4, -0.2) is 21.1 Å². The number of nitrogens with zero attached hydrogens (tertiary/aromatic N) is 1. The van der Waals surface area contributed by atoms with Gasteiger partial charge < -0.3 is 15.4 Å². The zero-order chi connectivity index (χ0) is 15.0. The molecule has 21 heavy (non-hydrogen) atoms. The van der Waals surface area contributed by atoms with Gasteiger partial charge in [0.25, 0.3) is 0 Å². The van der Waals surface area contributed by atoms with Crippen molar-refractivity contribution in [1.82, 2.24) is 0 Å². The third-order valence-corrected chi connectivity index (χ3v) is 4.87. The lowest BCUT2D eigenvalue weighted by molar-refractivity contribution is 0.319. The number of aryl methyl sites for hydroxylation is 1. The zero-order valence-corrected chi connectivity index (χ0v) is 12.3. The molecule has 1 aliphatic rings. The quantitative estimate of drug-likeness (QED) is 0.428. The smallest absolute Gasteiger partial charge is 0.123 e. The summed E-state index contributed by atoms with van der Waals surface area (Å²) in [7, 11) is 0. The highest BCUT2D eigenvalue weighted by molar-refractivity contribution is 7.99. The van der Waals surface area contributed by atoms with Gasteiger partial charge in [0.05, 0.1) is 5.71 Å². The van der Waals surface area contributed by atoms with E-state index in [4.69, 9.17) is 5.21 Å². The van der Waals surface area contributed by atoms with Gasteiger partial charge in [-0.2, -0.15) is 0 Å². The monoisotopic (exact) mass is 301 g/mol. The van der Waals surface area contributed by atoms with Crippen LogP contribution in [0.4, 0.5) is 0 Å². The second kappa shape index (κ2) is 5.33. The van der Waals surface area contributed by atoms with E-state index in [0.29, 0.717) is 12.1 Å². The van der Waals surface area contributed by atoms with Gasteiger partial charge in [-0.1, -0.05) is 23.0 Å². The summed E-state index contributed by atoms with van der Waals surface area (Å²) in [6.45, 7) is 1.75. The summed E-state index contributed by atoms with van der Waals surface area (Å²) < 4.78 is 0. The first-order valence-corrected chi connectivity index (χ1v) is 7.45. The van der Waals surface area contributed by atoms with Crippen LogP contribution in [0.3, 0.4) is 0 Å². The van der Waals surface area contributed by atoms with Crippen molar-refractivity contribution >= 4 is 17.5 Å². The molecule has 5 heteroatoms. The van der Waals surface area contributed by atoms with Gasteiger partial charge in [-0.3, -0.25) is 0 Å². The molecule has 0 saturated carbocycles. The molecule has 0 radical (unpaired) electrons. The molecule has 1 heterocycles. The maximum Gasteiger partial charge on any atom is 0.123 e. The van der Waals surface area contributed by atoms with E-state index in [0.717, 1.165) is 32.9 Å². The molecule has 108 valence electrons. The molecule has 0 bridgehead atoms. The topological polar surface area (TPSA) is 73.1 Å². The molecule has 2 aromatic carbocycles. The van der Waals surface area contributed by atoms with E-state index in [1.165, 1.54) is 17.8 Å². The number of phenols is 2. The highest BCUT2D eigenvalue weighted by Crippen LogP contribution is 2.42. The second-order valence-electron chi connectivity index (χ2n) is 5.05. The molecule has 0 spiro atoms. The van der Waals surface area contributed by atoms with Crippen LogP contribution in [0.1, 0.15) is 23.6 Å². The van der Waals surface area contributed by atoms with Crippen molar-refractivity contribution < 1.29 is 15.4 Å². The first kappa shape index (κ1) is 13.8. The van der Waals surface area contributed by atoms with Crippen LogP contribution in [0.15, 0.2) is 45.3 Å². The predicted molar refractivity (Wildman–Crippen MR) is 81.7 cm³/mol. The third-order valence-electron chi connectivity index (χ3n) is 3.66. The van der Waals surface area contributed by atoms with E-state index < -0.39 is 0 Å². The van der Waals surface area contributed by atoms with Crippen LogP contribution in [-0.2, 0) is 12.8 Å². The molecule has 0 unspecified atom stereocenters. The van der Waals surface area contributed by atoms with Gasteiger partial charge in [-0.15, -0.1) is 0 Å². The summed E-state index contributed by atoms with van der Waals surface area (Å²) in [6.07, 6.45) is 1.50. The van der Waals surface area contributed by atoms with Gasteiger partial charge >= 0.3 is 0 Å². The van der Waals surface area contributed by atoms with Crippen molar-refractivity contribution in [3.05, 3.63) is 47.0 Å². The Labute approximate surface area is 126 Å². The normalized spacial score (nSPS) is 14.2. The standard InChI is InChI=1S/C16H15NO3S/c1-9(17-20)10-3-5-15-11(6-10)2-4-13-14(19)7-12(18)8-16(13)21-15/h3,5-8,18-20H,2,4H2,1H3/b17-9+. The molecule has 0 atom stereocenters. The SMILES string of the molecule is C/C(=N\O)c1ccc2c(c1)CCc1c(O)cc(O)cc1S2. The Morgan fingerprint density at radius 3 is 2.67 bits per heavy atom. The Morgan fingerprint density at radius 2 is 1.90 bits per heavy atom. The molecule has 3 rings (SSSR count). The number of phenolic OH excluding ortho intramolecular Hbond substituents is 2. The van der Waals surface area contributed by atoms with E-state index in [1.807, 2.05) is 18.2 Å². The van der Waals surface area contributed by atoms with Crippen molar-refractivity contribution in [2.24, 2.45) is 5.16 Å². The van der Waals surface area contributed by atoms with Crippen LogP contribution in [0.2, 0.25) is 0 Å². The second-order valence-corrected chi connectivity index (χ2v) is 6.14. The first-order chi connectivity index (χ1) is 10.1. The minimum absolute atomic E-state index is 0.0714. The lowest BCUT2D eigenvalue weighted by atomic mass is 10.0. The van der Waals surface area contributed by atoms with E-state index in [1.54, 1.807) is 13.0 Å². The zero-order valence-electron chi connectivity index (χ0n) is 11.5. The van der Waals surface area contributed by atoms with Gasteiger partial charge in [0.15, 0.2) is 0 Å². The summed E-state index contributed by atoms with van der Waals surface area (Å²) >= 11 is 1.54. The summed E-state index contributed by atoms with van der Waals surface area (Å²) in [5.74, 6) is 0.209. The van der Waals surface area contributed by atoms with Crippen LogP contribution in [0.25, 0.3) is 0 Å². The Morgan fingerprint density at radius 1 is 1.10 bits per heavy atom. The van der Waals surface area contributed by atoms with Gasteiger partial charge in [0.1, 0.15) is 11.5 Å². The maximum absolute atomic E-state index is 10.00. The summed E-state index contributed by atoms with van der Waals surface area (Å²) in [4.78, 5) is 1.97. The molecule has 1 aliphatic heterocycles. The van der Waals surface area contributed by atoms with Crippen molar-refractivity contribution in [2.75, 3.05) is 0 Å². The molecular weight excluding hydrogens is 286 g/mol. The number of benzene rings is 2. The number of hydrogen-bond donors (Lipinski definition) is 3. The number of oxime groups is 1. The molecule has 0 aliphatic carbocycles. The molecule has 4 nitrogen and oxygen atoms in total. The summed E-state index contributed by atoms with van der Waals surface area (Å²) in [6, 6.07) is 8.97.